The Hall–Kier alpha value is -2.39. The zero-order valence-corrected chi connectivity index (χ0v) is 11.0. The molecule has 1 N–H and O–H groups in total. The summed E-state index contributed by atoms with van der Waals surface area (Å²) in [5, 5.41) is 11.0. The molecule has 1 heterocycles. The predicted molar refractivity (Wildman–Crippen MR) is 79.0 cm³/mol. The fourth-order valence-electron chi connectivity index (χ4n) is 2.14. The molecule has 3 aromatic rings. The van der Waals surface area contributed by atoms with Crippen LogP contribution in [0.4, 0.5) is 0 Å². The van der Waals surface area contributed by atoms with Gasteiger partial charge in [0.2, 0.25) is 5.88 Å². The van der Waals surface area contributed by atoms with Crippen molar-refractivity contribution < 1.29 is 9.84 Å². The number of pyridine rings is 1. The van der Waals surface area contributed by atoms with Crippen LogP contribution >= 0.6 is 0 Å². The van der Waals surface area contributed by atoms with Crippen molar-refractivity contribution >= 4 is 10.8 Å². The zero-order valence-electron chi connectivity index (χ0n) is 11.0. The molecule has 1 aromatic heterocycles. The van der Waals surface area contributed by atoms with Crippen molar-refractivity contribution in [2.45, 2.75) is 6.42 Å². The van der Waals surface area contributed by atoms with E-state index in [-0.39, 0.29) is 6.61 Å². The largest absolute Gasteiger partial charge is 0.438 e. The SMILES string of the molecule is OCCc1ccc(Oc2nccc3ccccc23)cc1. The van der Waals surface area contributed by atoms with E-state index in [1.54, 1.807) is 6.20 Å². The van der Waals surface area contributed by atoms with E-state index in [1.807, 2.05) is 54.6 Å². The summed E-state index contributed by atoms with van der Waals surface area (Å²) in [6.07, 6.45) is 2.41. The lowest BCUT2D eigenvalue weighted by molar-refractivity contribution is 0.299. The minimum atomic E-state index is 0.158. The number of aliphatic hydroxyl groups is 1. The maximum absolute atomic E-state index is 8.90. The maximum atomic E-state index is 8.90. The third-order valence-electron chi connectivity index (χ3n) is 3.18. The molecule has 0 bridgehead atoms. The Morgan fingerprint density at radius 3 is 2.55 bits per heavy atom. The summed E-state index contributed by atoms with van der Waals surface area (Å²) in [5.74, 6) is 1.36. The summed E-state index contributed by atoms with van der Waals surface area (Å²) in [7, 11) is 0. The second-order valence-electron chi connectivity index (χ2n) is 4.56. The van der Waals surface area contributed by atoms with Gasteiger partial charge >= 0.3 is 0 Å². The first-order valence-corrected chi connectivity index (χ1v) is 6.58. The van der Waals surface area contributed by atoms with Crippen LogP contribution in [0.2, 0.25) is 0 Å². The van der Waals surface area contributed by atoms with Crippen molar-refractivity contribution in [2.75, 3.05) is 6.61 Å². The molecule has 20 heavy (non-hydrogen) atoms. The fraction of sp³-hybridized carbons (Fsp3) is 0.118. The normalized spacial score (nSPS) is 10.7. The lowest BCUT2D eigenvalue weighted by Crippen LogP contribution is -1.92. The van der Waals surface area contributed by atoms with Crippen LogP contribution in [-0.2, 0) is 6.42 Å². The lowest BCUT2D eigenvalue weighted by atomic mass is 10.1. The van der Waals surface area contributed by atoms with Crippen LogP contribution in [-0.4, -0.2) is 16.7 Å². The smallest absolute Gasteiger partial charge is 0.227 e. The summed E-state index contributed by atoms with van der Waals surface area (Å²) >= 11 is 0. The minimum absolute atomic E-state index is 0.158. The summed E-state index contributed by atoms with van der Waals surface area (Å²) in [6.45, 7) is 0.158. The average Bonchev–Trinajstić information content (AvgIpc) is 2.50. The van der Waals surface area contributed by atoms with E-state index in [9.17, 15) is 0 Å². The number of hydrogen-bond acceptors (Lipinski definition) is 3. The number of aromatic nitrogens is 1. The first kappa shape index (κ1) is 12.6. The van der Waals surface area contributed by atoms with Gasteiger partial charge in [-0.15, -0.1) is 0 Å². The number of hydrogen-bond donors (Lipinski definition) is 1. The standard InChI is InChI=1S/C17H15NO2/c19-12-10-13-5-7-15(8-6-13)20-17-16-4-2-1-3-14(16)9-11-18-17/h1-9,11,19H,10,12H2. The molecular weight excluding hydrogens is 250 g/mol. The van der Waals surface area contributed by atoms with Gasteiger partial charge in [-0.1, -0.05) is 30.3 Å². The van der Waals surface area contributed by atoms with Gasteiger partial charge in [0.25, 0.3) is 0 Å². The van der Waals surface area contributed by atoms with Gasteiger partial charge in [-0.05, 0) is 41.6 Å². The van der Waals surface area contributed by atoms with Gasteiger partial charge in [0.1, 0.15) is 5.75 Å². The van der Waals surface area contributed by atoms with Gasteiger partial charge in [0.05, 0.1) is 0 Å². The third-order valence-corrected chi connectivity index (χ3v) is 3.18. The van der Waals surface area contributed by atoms with Gasteiger partial charge in [-0.2, -0.15) is 0 Å². The summed E-state index contributed by atoms with van der Waals surface area (Å²) in [6, 6.07) is 17.7. The lowest BCUT2D eigenvalue weighted by Gasteiger charge is -2.08. The van der Waals surface area contributed by atoms with Gasteiger partial charge < -0.3 is 9.84 Å². The molecule has 0 saturated carbocycles. The first-order valence-electron chi connectivity index (χ1n) is 6.58. The topological polar surface area (TPSA) is 42.4 Å². The number of rotatable bonds is 4. The number of aliphatic hydroxyl groups excluding tert-OH is 1. The first-order chi connectivity index (χ1) is 9.86. The number of benzene rings is 2. The molecule has 0 aliphatic heterocycles. The number of nitrogens with zero attached hydrogens (tertiary/aromatic N) is 1. The maximum Gasteiger partial charge on any atom is 0.227 e. The molecule has 0 atom stereocenters. The molecule has 3 nitrogen and oxygen atoms in total. The van der Waals surface area contributed by atoms with Gasteiger partial charge in [-0.25, -0.2) is 4.98 Å². The molecule has 0 radical (unpaired) electrons. The summed E-state index contributed by atoms with van der Waals surface area (Å²) < 4.78 is 5.85. The highest BCUT2D eigenvalue weighted by Gasteiger charge is 2.04. The average molecular weight is 265 g/mol. The molecule has 100 valence electrons. The van der Waals surface area contributed by atoms with Crippen molar-refractivity contribution in [3.63, 3.8) is 0 Å². The molecule has 3 heteroatoms. The monoisotopic (exact) mass is 265 g/mol. The van der Waals surface area contributed by atoms with Crippen LogP contribution < -0.4 is 4.74 Å². The summed E-state index contributed by atoms with van der Waals surface area (Å²) in [4.78, 5) is 4.30. The highest BCUT2D eigenvalue weighted by Crippen LogP contribution is 2.27. The van der Waals surface area contributed by atoms with E-state index in [0.717, 1.165) is 22.1 Å². The number of ether oxygens (including phenoxy) is 1. The summed E-state index contributed by atoms with van der Waals surface area (Å²) in [5.41, 5.74) is 1.09. The molecule has 0 spiro atoms. The Morgan fingerprint density at radius 2 is 1.75 bits per heavy atom. The van der Waals surface area contributed by atoms with Crippen LogP contribution in [0.3, 0.4) is 0 Å². The van der Waals surface area contributed by atoms with Gasteiger partial charge in [0, 0.05) is 18.2 Å². The van der Waals surface area contributed by atoms with E-state index < -0.39 is 0 Å². The Balaban J connectivity index is 1.89. The molecular formula is C17H15NO2. The Morgan fingerprint density at radius 1 is 0.950 bits per heavy atom. The zero-order chi connectivity index (χ0) is 13.8. The molecule has 0 unspecified atom stereocenters. The second kappa shape index (κ2) is 5.72. The van der Waals surface area contributed by atoms with Crippen molar-refractivity contribution in [2.24, 2.45) is 0 Å². The molecule has 0 amide bonds. The number of fused-ring (bicyclic) bond motifs is 1. The van der Waals surface area contributed by atoms with Crippen LogP contribution in [0.15, 0.2) is 60.8 Å². The van der Waals surface area contributed by atoms with Crippen LogP contribution in [0, 0.1) is 0 Å². The van der Waals surface area contributed by atoms with Crippen LogP contribution in [0.25, 0.3) is 10.8 Å². The molecule has 0 fully saturated rings. The molecule has 2 aromatic carbocycles. The molecule has 0 aliphatic carbocycles. The molecule has 0 aliphatic rings. The fourth-order valence-corrected chi connectivity index (χ4v) is 2.14. The van der Waals surface area contributed by atoms with Gasteiger partial charge in [0.15, 0.2) is 0 Å². The van der Waals surface area contributed by atoms with E-state index in [1.165, 1.54) is 0 Å². The van der Waals surface area contributed by atoms with Crippen molar-refractivity contribution in [3.05, 3.63) is 66.4 Å². The van der Waals surface area contributed by atoms with Gasteiger partial charge in [-0.3, -0.25) is 0 Å². The minimum Gasteiger partial charge on any atom is -0.438 e. The van der Waals surface area contributed by atoms with E-state index in [2.05, 4.69) is 4.98 Å². The van der Waals surface area contributed by atoms with E-state index in [4.69, 9.17) is 9.84 Å². The third kappa shape index (κ3) is 2.63. The van der Waals surface area contributed by atoms with E-state index >= 15 is 0 Å². The van der Waals surface area contributed by atoms with Crippen molar-refractivity contribution in [1.82, 2.24) is 4.98 Å². The molecule has 3 rings (SSSR count). The van der Waals surface area contributed by atoms with Crippen LogP contribution in [0.5, 0.6) is 11.6 Å². The Bertz CT molecular complexity index is 702. The predicted octanol–water partition coefficient (Wildman–Crippen LogP) is 3.56. The highest BCUT2D eigenvalue weighted by molar-refractivity contribution is 5.86. The Kier molecular flexibility index (Phi) is 3.61. The van der Waals surface area contributed by atoms with Crippen LogP contribution in [0.1, 0.15) is 5.56 Å². The molecule has 0 saturated heterocycles. The second-order valence-corrected chi connectivity index (χ2v) is 4.56. The van der Waals surface area contributed by atoms with Crippen molar-refractivity contribution in [1.29, 1.82) is 0 Å². The van der Waals surface area contributed by atoms with E-state index in [0.29, 0.717) is 12.3 Å². The van der Waals surface area contributed by atoms with Crippen molar-refractivity contribution in [3.8, 4) is 11.6 Å². The quantitative estimate of drug-likeness (QED) is 0.784. The highest BCUT2D eigenvalue weighted by atomic mass is 16.5. The Labute approximate surface area is 117 Å².